The van der Waals surface area contributed by atoms with Crippen molar-refractivity contribution >= 4 is 13.8 Å². The van der Waals surface area contributed by atoms with Crippen molar-refractivity contribution in [1.29, 1.82) is 0 Å². The molecule has 2 atom stereocenters. The Morgan fingerprint density at radius 3 is 1.62 bits per heavy atom. The molecular weight excluding hydrogens is 673 g/mol. The highest BCUT2D eigenvalue weighted by molar-refractivity contribution is 7.47. The second kappa shape index (κ2) is 40.4. The third kappa shape index (κ3) is 39.4. The number of allylic oxidation sites excluding steroid dienone is 10. The van der Waals surface area contributed by atoms with Crippen LogP contribution in [0.1, 0.15) is 168 Å². The van der Waals surface area contributed by atoms with Crippen LogP contribution in [-0.4, -0.2) is 49.9 Å². The Hall–Kier alpha value is -1.80. The minimum atomic E-state index is -4.28. The maximum atomic E-state index is 12.5. The number of nitrogens with two attached hydrogens (primary N) is 1. The second-order valence-corrected chi connectivity index (χ2v) is 14.9. The Morgan fingerprint density at radius 2 is 1.08 bits per heavy atom. The van der Waals surface area contributed by atoms with E-state index in [1.54, 1.807) is 0 Å². The van der Waals surface area contributed by atoms with Crippen LogP contribution in [0, 0.1) is 0 Å². The van der Waals surface area contributed by atoms with Gasteiger partial charge < -0.3 is 20.1 Å². The van der Waals surface area contributed by atoms with Gasteiger partial charge in [0.1, 0.15) is 6.10 Å². The molecule has 0 fully saturated rings. The Morgan fingerprint density at radius 1 is 0.596 bits per heavy atom. The van der Waals surface area contributed by atoms with Crippen LogP contribution < -0.4 is 5.73 Å². The van der Waals surface area contributed by atoms with Gasteiger partial charge in [-0.05, 0) is 57.8 Å². The van der Waals surface area contributed by atoms with Crippen LogP contribution in [0.3, 0.4) is 0 Å². The van der Waals surface area contributed by atoms with Crippen molar-refractivity contribution in [2.45, 2.75) is 174 Å². The van der Waals surface area contributed by atoms with Crippen LogP contribution in [0.5, 0.6) is 0 Å². The molecule has 8 nitrogen and oxygen atoms in total. The standard InChI is InChI=1S/C43H78NO7P/c1-3-5-7-9-11-13-15-17-18-19-20-21-22-23-25-27-29-31-33-35-38-48-40-42(41-50-52(46,47)49-39-37-44)51-43(45)36-34-32-30-28-26-24-16-14-12-10-8-6-4-2/h5,7,11,13,17-18,20-21,23,25,42H,3-4,6,8-10,12,14-16,19,22,24,26-41,44H2,1-2H3,(H,46,47)/b7-5-,13-11-,18-17-,21-20-,25-23-. The van der Waals surface area contributed by atoms with Crippen molar-refractivity contribution < 1.29 is 32.8 Å². The first-order valence-electron chi connectivity index (χ1n) is 20.8. The molecule has 52 heavy (non-hydrogen) atoms. The average molecular weight is 752 g/mol. The van der Waals surface area contributed by atoms with Crippen LogP contribution in [0.2, 0.25) is 0 Å². The van der Waals surface area contributed by atoms with Gasteiger partial charge in [0.2, 0.25) is 0 Å². The first-order chi connectivity index (χ1) is 25.4. The van der Waals surface area contributed by atoms with E-state index in [9.17, 15) is 14.3 Å². The Kier molecular flexibility index (Phi) is 39.0. The van der Waals surface area contributed by atoms with Gasteiger partial charge in [0, 0.05) is 19.6 Å². The van der Waals surface area contributed by atoms with Gasteiger partial charge in [-0.1, -0.05) is 164 Å². The van der Waals surface area contributed by atoms with Crippen molar-refractivity contribution in [1.82, 2.24) is 0 Å². The lowest BCUT2D eigenvalue weighted by Gasteiger charge is -2.20. The third-order valence-corrected chi connectivity index (χ3v) is 9.43. The molecule has 0 aromatic heterocycles. The minimum Gasteiger partial charge on any atom is -0.457 e. The van der Waals surface area contributed by atoms with E-state index in [0.717, 1.165) is 83.5 Å². The SMILES string of the molecule is CC/C=C\C/C=C\C/C=C\C/C=C\C/C=C\CCCCCCOCC(COP(=O)(O)OCCN)OC(=O)CCCCCCCCCCCCCCC. The van der Waals surface area contributed by atoms with E-state index in [-0.39, 0.29) is 32.3 Å². The Labute approximate surface area is 319 Å². The molecule has 0 aromatic carbocycles. The molecule has 2 unspecified atom stereocenters. The van der Waals surface area contributed by atoms with Gasteiger partial charge >= 0.3 is 13.8 Å². The quantitative estimate of drug-likeness (QED) is 0.0276. The normalized spacial score (nSPS) is 14.2. The predicted octanol–water partition coefficient (Wildman–Crippen LogP) is 12.2. The Bertz CT molecular complexity index is 979. The number of hydrogen-bond donors (Lipinski definition) is 2. The molecule has 0 radical (unpaired) electrons. The second-order valence-electron chi connectivity index (χ2n) is 13.5. The maximum Gasteiger partial charge on any atom is 0.472 e. The monoisotopic (exact) mass is 752 g/mol. The molecule has 0 aliphatic heterocycles. The zero-order valence-electron chi connectivity index (χ0n) is 33.3. The summed E-state index contributed by atoms with van der Waals surface area (Å²) in [6.07, 6.45) is 48.1. The number of ether oxygens (including phenoxy) is 2. The van der Waals surface area contributed by atoms with Crippen LogP contribution in [0.4, 0.5) is 0 Å². The van der Waals surface area contributed by atoms with Crippen molar-refractivity contribution in [3.63, 3.8) is 0 Å². The summed E-state index contributed by atoms with van der Waals surface area (Å²) in [4.78, 5) is 22.4. The lowest BCUT2D eigenvalue weighted by molar-refractivity contribution is -0.154. The number of phosphoric ester groups is 1. The van der Waals surface area contributed by atoms with Crippen molar-refractivity contribution in [2.24, 2.45) is 5.73 Å². The molecule has 0 aliphatic carbocycles. The van der Waals surface area contributed by atoms with Gasteiger partial charge in [0.15, 0.2) is 0 Å². The molecule has 0 aliphatic rings. The van der Waals surface area contributed by atoms with Gasteiger partial charge in [-0.2, -0.15) is 0 Å². The topological polar surface area (TPSA) is 117 Å². The van der Waals surface area contributed by atoms with Crippen LogP contribution in [0.15, 0.2) is 60.8 Å². The summed E-state index contributed by atoms with van der Waals surface area (Å²) in [6.45, 7) is 4.74. The molecule has 9 heteroatoms. The van der Waals surface area contributed by atoms with E-state index in [0.29, 0.717) is 13.0 Å². The lowest BCUT2D eigenvalue weighted by Crippen LogP contribution is -2.28. The van der Waals surface area contributed by atoms with E-state index >= 15 is 0 Å². The highest BCUT2D eigenvalue weighted by Crippen LogP contribution is 2.43. The van der Waals surface area contributed by atoms with Gasteiger partial charge in [-0.3, -0.25) is 13.8 Å². The summed E-state index contributed by atoms with van der Waals surface area (Å²) in [5.74, 6) is -0.342. The number of unbranched alkanes of at least 4 members (excludes halogenated alkanes) is 16. The molecular formula is C43H78NO7P. The summed E-state index contributed by atoms with van der Waals surface area (Å²) in [6, 6.07) is 0. The van der Waals surface area contributed by atoms with E-state index in [4.69, 9.17) is 24.3 Å². The average Bonchev–Trinajstić information content (AvgIpc) is 3.13. The molecule has 0 saturated carbocycles. The highest BCUT2D eigenvalue weighted by Gasteiger charge is 2.25. The van der Waals surface area contributed by atoms with E-state index < -0.39 is 13.9 Å². The molecule has 0 rings (SSSR count). The summed E-state index contributed by atoms with van der Waals surface area (Å²) in [5.41, 5.74) is 5.36. The van der Waals surface area contributed by atoms with Crippen molar-refractivity contribution in [3.8, 4) is 0 Å². The van der Waals surface area contributed by atoms with Gasteiger partial charge in [0.25, 0.3) is 0 Å². The van der Waals surface area contributed by atoms with Crippen molar-refractivity contribution in [3.05, 3.63) is 60.8 Å². The number of hydrogen-bond acceptors (Lipinski definition) is 7. The predicted molar refractivity (Wildman–Crippen MR) is 219 cm³/mol. The fourth-order valence-electron chi connectivity index (χ4n) is 5.43. The molecule has 0 aromatic rings. The third-order valence-electron chi connectivity index (χ3n) is 8.45. The highest BCUT2D eigenvalue weighted by atomic mass is 31.2. The van der Waals surface area contributed by atoms with Crippen LogP contribution in [0.25, 0.3) is 0 Å². The van der Waals surface area contributed by atoms with Gasteiger partial charge in [0.05, 0.1) is 19.8 Å². The summed E-state index contributed by atoms with van der Waals surface area (Å²) in [7, 11) is -4.28. The largest absolute Gasteiger partial charge is 0.472 e. The fourth-order valence-corrected chi connectivity index (χ4v) is 6.20. The number of rotatable bonds is 39. The molecule has 0 saturated heterocycles. The molecule has 0 amide bonds. The Balaban J connectivity index is 4.10. The molecule has 3 N–H and O–H groups in total. The molecule has 0 heterocycles. The van der Waals surface area contributed by atoms with Gasteiger partial charge in [-0.25, -0.2) is 4.57 Å². The number of carbonyl (C=O) groups excluding carboxylic acids is 1. The van der Waals surface area contributed by atoms with Gasteiger partial charge in [-0.15, -0.1) is 0 Å². The summed E-state index contributed by atoms with van der Waals surface area (Å²) < 4.78 is 33.4. The number of esters is 1. The fraction of sp³-hybridized carbons (Fsp3) is 0.744. The molecule has 0 bridgehead atoms. The van der Waals surface area contributed by atoms with Crippen LogP contribution >= 0.6 is 7.82 Å². The van der Waals surface area contributed by atoms with Crippen LogP contribution in [-0.2, 0) is 27.9 Å². The number of carbonyl (C=O) groups is 1. The summed E-state index contributed by atoms with van der Waals surface area (Å²) in [5, 5.41) is 0. The smallest absolute Gasteiger partial charge is 0.457 e. The summed E-state index contributed by atoms with van der Waals surface area (Å²) >= 11 is 0. The number of phosphoric acid groups is 1. The van der Waals surface area contributed by atoms with E-state index in [1.807, 2.05) is 0 Å². The lowest BCUT2D eigenvalue weighted by atomic mass is 10.0. The minimum absolute atomic E-state index is 0.0941. The first kappa shape index (κ1) is 50.2. The molecule has 302 valence electrons. The maximum absolute atomic E-state index is 12.5. The first-order valence-corrected chi connectivity index (χ1v) is 22.3. The molecule has 0 spiro atoms. The van der Waals surface area contributed by atoms with Crippen molar-refractivity contribution in [2.75, 3.05) is 33.0 Å². The zero-order chi connectivity index (χ0) is 38.1. The zero-order valence-corrected chi connectivity index (χ0v) is 34.2. The van der Waals surface area contributed by atoms with E-state index in [2.05, 4.69) is 74.6 Å². The van der Waals surface area contributed by atoms with E-state index in [1.165, 1.54) is 64.2 Å².